The maximum atomic E-state index is 5.63. The summed E-state index contributed by atoms with van der Waals surface area (Å²) in [6.07, 6.45) is 2.89. The van der Waals surface area contributed by atoms with Gasteiger partial charge in [0.15, 0.2) is 0 Å². The van der Waals surface area contributed by atoms with Crippen LogP contribution in [0.1, 0.15) is 26.7 Å². The summed E-state index contributed by atoms with van der Waals surface area (Å²) in [5.74, 6) is 0. The van der Waals surface area contributed by atoms with E-state index in [2.05, 4.69) is 24.1 Å². The van der Waals surface area contributed by atoms with Gasteiger partial charge < -0.3 is 10.1 Å². The molecular weight excluding hydrogens is 176 g/mol. The second kappa shape index (κ2) is 4.60. The first-order chi connectivity index (χ1) is 6.81. The maximum Gasteiger partial charge on any atom is 0.0703 e. The van der Waals surface area contributed by atoms with Crippen LogP contribution in [0.5, 0.6) is 0 Å². The van der Waals surface area contributed by atoms with Crippen molar-refractivity contribution >= 4 is 0 Å². The van der Waals surface area contributed by atoms with Crippen molar-refractivity contribution in [3.8, 4) is 0 Å². The summed E-state index contributed by atoms with van der Waals surface area (Å²) in [5.41, 5.74) is 0. The lowest BCUT2D eigenvalue weighted by Gasteiger charge is -2.38. The molecule has 3 nitrogen and oxygen atoms in total. The molecular formula is C11H22N2O. The van der Waals surface area contributed by atoms with Gasteiger partial charge in [0.1, 0.15) is 0 Å². The minimum atomic E-state index is 0.436. The summed E-state index contributed by atoms with van der Waals surface area (Å²) in [5, 5.41) is 3.55. The predicted molar refractivity (Wildman–Crippen MR) is 57.5 cm³/mol. The van der Waals surface area contributed by atoms with Crippen molar-refractivity contribution in [2.24, 2.45) is 0 Å². The zero-order valence-electron chi connectivity index (χ0n) is 9.33. The van der Waals surface area contributed by atoms with Crippen LogP contribution in [0, 0.1) is 0 Å². The van der Waals surface area contributed by atoms with Gasteiger partial charge in [0.05, 0.1) is 6.10 Å². The van der Waals surface area contributed by atoms with Gasteiger partial charge in [-0.25, -0.2) is 0 Å². The van der Waals surface area contributed by atoms with Crippen LogP contribution in [0.15, 0.2) is 0 Å². The lowest BCUT2D eigenvalue weighted by molar-refractivity contribution is 0.0601. The first-order valence-electron chi connectivity index (χ1n) is 5.90. The summed E-state index contributed by atoms with van der Waals surface area (Å²) in [6.45, 7) is 8.95. The van der Waals surface area contributed by atoms with Crippen LogP contribution in [0.4, 0.5) is 0 Å². The highest BCUT2D eigenvalue weighted by molar-refractivity contribution is 4.87. The van der Waals surface area contributed by atoms with E-state index in [1.54, 1.807) is 0 Å². The van der Waals surface area contributed by atoms with Gasteiger partial charge in [0, 0.05) is 38.3 Å². The van der Waals surface area contributed by atoms with E-state index in [9.17, 15) is 0 Å². The molecule has 14 heavy (non-hydrogen) atoms. The quantitative estimate of drug-likeness (QED) is 0.712. The minimum absolute atomic E-state index is 0.436. The molecule has 1 N–H and O–H groups in total. The second-order valence-corrected chi connectivity index (χ2v) is 4.49. The monoisotopic (exact) mass is 198 g/mol. The summed E-state index contributed by atoms with van der Waals surface area (Å²) in [7, 11) is 0. The molecule has 2 saturated heterocycles. The Hall–Kier alpha value is -0.120. The zero-order valence-corrected chi connectivity index (χ0v) is 9.33. The van der Waals surface area contributed by atoms with Gasteiger partial charge in [0.2, 0.25) is 0 Å². The van der Waals surface area contributed by atoms with Gasteiger partial charge in [-0.3, -0.25) is 4.90 Å². The molecule has 2 aliphatic rings. The van der Waals surface area contributed by atoms with Crippen LogP contribution >= 0.6 is 0 Å². The predicted octanol–water partition coefficient (Wildman–Crippen LogP) is 0.848. The smallest absolute Gasteiger partial charge is 0.0703 e. The van der Waals surface area contributed by atoms with Crippen molar-refractivity contribution in [1.82, 2.24) is 10.2 Å². The van der Waals surface area contributed by atoms with E-state index < -0.39 is 0 Å². The molecule has 0 aromatic rings. The second-order valence-electron chi connectivity index (χ2n) is 4.49. The fraction of sp³-hybridized carbons (Fsp3) is 1.00. The third kappa shape index (κ3) is 2.10. The summed E-state index contributed by atoms with van der Waals surface area (Å²) >= 11 is 0. The number of ether oxygens (including phenoxy) is 1. The van der Waals surface area contributed by atoms with Gasteiger partial charge in [-0.15, -0.1) is 0 Å². The lowest BCUT2D eigenvalue weighted by atomic mass is 10.1. The highest BCUT2D eigenvalue weighted by atomic mass is 16.5. The van der Waals surface area contributed by atoms with Crippen molar-refractivity contribution < 1.29 is 4.74 Å². The lowest BCUT2D eigenvalue weighted by Crippen LogP contribution is -2.55. The SMILES string of the molecule is CCC1CN(C2CCOC2C)CCN1. The fourth-order valence-corrected chi connectivity index (χ4v) is 2.63. The van der Waals surface area contributed by atoms with Crippen molar-refractivity contribution in [2.45, 2.75) is 44.9 Å². The van der Waals surface area contributed by atoms with E-state index in [0.717, 1.165) is 13.2 Å². The van der Waals surface area contributed by atoms with Crippen LogP contribution in [0.2, 0.25) is 0 Å². The van der Waals surface area contributed by atoms with E-state index in [0.29, 0.717) is 18.2 Å². The average Bonchev–Trinajstić information content (AvgIpc) is 2.65. The van der Waals surface area contributed by atoms with Crippen LogP contribution in [-0.4, -0.2) is 49.3 Å². The van der Waals surface area contributed by atoms with E-state index in [4.69, 9.17) is 4.74 Å². The Balaban J connectivity index is 1.90. The van der Waals surface area contributed by atoms with E-state index in [1.807, 2.05) is 0 Å². The molecule has 2 aliphatic heterocycles. The molecule has 2 fully saturated rings. The fourth-order valence-electron chi connectivity index (χ4n) is 2.63. The molecule has 0 aromatic carbocycles. The molecule has 3 unspecified atom stereocenters. The number of piperazine rings is 1. The molecule has 3 heteroatoms. The summed E-state index contributed by atoms with van der Waals surface area (Å²) in [4.78, 5) is 2.61. The standard InChI is InChI=1S/C11H22N2O/c1-3-10-8-13(6-5-12-10)11-4-7-14-9(11)2/h9-12H,3-8H2,1-2H3. The van der Waals surface area contributed by atoms with Gasteiger partial charge in [-0.1, -0.05) is 6.92 Å². The number of nitrogens with one attached hydrogen (secondary N) is 1. The van der Waals surface area contributed by atoms with Crippen molar-refractivity contribution in [2.75, 3.05) is 26.2 Å². The Morgan fingerprint density at radius 1 is 1.50 bits per heavy atom. The van der Waals surface area contributed by atoms with Crippen LogP contribution in [-0.2, 0) is 4.74 Å². The molecule has 0 aliphatic carbocycles. The number of hydrogen-bond donors (Lipinski definition) is 1. The number of hydrogen-bond acceptors (Lipinski definition) is 3. The maximum absolute atomic E-state index is 5.63. The van der Waals surface area contributed by atoms with Crippen LogP contribution in [0.3, 0.4) is 0 Å². The Morgan fingerprint density at radius 3 is 3.00 bits per heavy atom. The molecule has 0 bridgehead atoms. The highest BCUT2D eigenvalue weighted by Crippen LogP contribution is 2.20. The summed E-state index contributed by atoms with van der Waals surface area (Å²) in [6, 6.07) is 1.36. The zero-order chi connectivity index (χ0) is 9.97. The number of nitrogens with zero attached hydrogens (tertiary/aromatic N) is 1. The van der Waals surface area contributed by atoms with Crippen molar-refractivity contribution in [1.29, 1.82) is 0 Å². The van der Waals surface area contributed by atoms with Gasteiger partial charge in [-0.2, -0.15) is 0 Å². The topological polar surface area (TPSA) is 24.5 Å². The van der Waals surface area contributed by atoms with Gasteiger partial charge in [0.25, 0.3) is 0 Å². The minimum Gasteiger partial charge on any atom is -0.377 e. The van der Waals surface area contributed by atoms with Crippen molar-refractivity contribution in [3.05, 3.63) is 0 Å². The largest absolute Gasteiger partial charge is 0.377 e. The first-order valence-corrected chi connectivity index (χ1v) is 5.90. The number of rotatable bonds is 2. The molecule has 0 radical (unpaired) electrons. The Bertz CT molecular complexity index is 186. The van der Waals surface area contributed by atoms with Gasteiger partial charge >= 0.3 is 0 Å². The molecule has 2 rings (SSSR count). The average molecular weight is 198 g/mol. The third-order valence-electron chi connectivity index (χ3n) is 3.58. The van der Waals surface area contributed by atoms with E-state index in [-0.39, 0.29) is 0 Å². The molecule has 82 valence electrons. The van der Waals surface area contributed by atoms with Gasteiger partial charge in [-0.05, 0) is 19.8 Å². The summed E-state index contributed by atoms with van der Waals surface area (Å²) < 4.78 is 5.63. The van der Waals surface area contributed by atoms with Crippen LogP contribution < -0.4 is 5.32 Å². The Kier molecular flexibility index (Phi) is 3.42. The Labute approximate surface area is 86.8 Å². The molecule has 3 atom stereocenters. The molecule has 0 spiro atoms. The van der Waals surface area contributed by atoms with E-state index >= 15 is 0 Å². The molecule has 0 aromatic heterocycles. The molecule has 0 saturated carbocycles. The van der Waals surface area contributed by atoms with Crippen molar-refractivity contribution in [3.63, 3.8) is 0 Å². The molecule has 2 heterocycles. The normalized spacial score (nSPS) is 40.3. The first kappa shape index (κ1) is 10.4. The van der Waals surface area contributed by atoms with Crippen LogP contribution in [0.25, 0.3) is 0 Å². The molecule has 0 amide bonds. The third-order valence-corrected chi connectivity index (χ3v) is 3.58. The Morgan fingerprint density at radius 2 is 2.36 bits per heavy atom. The van der Waals surface area contributed by atoms with E-state index in [1.165, 1.54) is 25.9 Å². The highest BCUT2D eigenvalue weighted by Gasteiger charge is 2.32.